The van der Waals surface area contributed by atoms with E-state index in [1.54, 1.807) is 12.3 Å². The van der Waals surface area contributed by atoms with Crippen molar-refractivity contribution < 1.29 is 9.90 Å². The lowest BCUT2D eigenvalue weighted by Crippen LogP contribution is -2.23. The van der Waals surface area contributed by atoms with Crippen molar-refractivity contribution in [2.45, 2.75) is 39.0 Å². The SMILES string of the molecule is CCC1CCC(C(=O)N=C(N)/C=C\NCCO)CC1. The number of nitrogens with zero attached hydrogens (tertiary/aromatic N) is 1. The van der Waals surface area contributed by atoms with Gasteiger partial charge in [-0.05, 0) is 37.7 Å². The lowest BCUT2D eigenvalue weighted by molar-refractivity contribution is -0.122. The van der Waals surface area contributed by atoms with Crippen LogP contribution in [0.1, 0.15) is 39.0 Å². The van der Waals surface area contributed by atoms with Crippen molar-refractivity contribution in [2.75, 3.05) is 13.2 Å². The number of hydrogen-bond acceptors (Lipinski definition) is 3. The first-order valence-electron chi connectivity index (χ1n) is 7.06. The van der Waals surface area contributed by atoms with Crippen molar-refractivity contribution in [3.63, 3.8) is 0 Å². The molecule has 0 atom stereocenters. The van der Waals surface area contributed by atoms with Crippen molar-refractivity contribution in [1.82, 2.24) is 5.32 Å². The Morgan fingerprint density at radius 3 is 2.68 bits per heavy atom. The van der Waals surface area contributed by atoms with Gasteiger partial charge < -0.3 is 16.2 Å². The molecule has 4 N–H and O–H groups in total. The van der Waals surface area contributed by atoms with E-state index in [0.717, 1.165) is 31.6 Å². The zero-order valence-electron chi connectivity index (χ0n) is 11.6. The molecule has 0 bridgehead atoms. The average molecular weight is 267 g/mol. The number of aliphatic hydroxyl groups excluding tert-OH is 1. The number of aliphatic imine (C=N–C) groups is 1. The van der Waals surface area contributed by atoms with E-state index in [1.165, 1.54) is 6.42 Å². The van der Waals surface area contributed by atoms with Crippen LogP contribution in [0.2, 0.25) is 0 Å². The minimum absolute atomic E-state index is 0.0418. The highest BCUT2D eigenvalue weighted by Gasteiger charge is 2.25. The Hall–Kier alpha value is -1.36. The molecule has 0 radical (unpaired) electrons. The fourth-order valence-electron chi connectivity index (χ4n) is 2.37. The van der Waals surface area contributed by atoms with Gasteiger partial charge in [0, 0.05) is 18.7 Å². The highest BCUT2D eigenvalue weighted by Crippen LogP contribution is 2.31. The highest BCUT2D eigenvalue weighted by molar-refractivity contribution is 6.00. The molecular formula is C14H25N3O2. The molecule has 1 aliphatic carbocycles. The minimum atomic E-state index is -0.0983. The van der Waals surface area contributed by atoms with E-state index in [-0.39, 0.29) is 24.3 Å². The number of rotatable bonds is 6. The zero-order chi connectivity index (χ0) is 14.1. The average Bonchev–Trinajstić information content (AvgIpc) is 2.43. The van der Waals surface area contributed by atoms with E-state index in [9.17, 15) is 4.79 Å². The normalized spacial score (nSPS) is 24.6. The first kappa shape index (κ1) is 15.7. The second-order valence-corrected chi connectivity index (χ2v) is 5.01. The molecule has 5 heteroatoms. The molecule has 0 unspecified atom stereocenters. The molecule has 0 aromatic heterocycles. The Bertz CT molecular complexity index is 332. The van der Waals surface area contributed by atoms with Gasteiger partial charge in [-0.2, -0.15) is 4.99 Å². The second-order valence-electron chi connectivity index (χ2n) is 5.01. The van der Waals surface area contributed by atoms with E-state index < -0.39 is 0 Å². The predicted octanol–water partition coefficient (Wildman–Crippen LogP) is 1.18. The maximum absolute atomic E-state index is 11.9. The van der Waals surface area contributed by atoms with Gasteiger partial charge in [0.2, 0.25) is 0 Å². The minimum Gasteiger partial charge on any atom is -0.395 e. The van der Waals surface area contributed by atoms with Crippen LogP contribution in [-0.4, -0.2) is 30.0 Å². The first-order valence-corrected chi connectivity index (χ1v) is 7.06. The smallest absolute Gasteiger partial charge is 0.250 e. The van der Waals surface area contributed by atoms with Crippen LogP contribution >= 0.6 is 0 Å². The van der Waals surface area contributed by atoms with Crippen molar-refractivity contribution in [3.05, 3.63) is 12.3 Å². The molecule has 0 saturated heterocycles. The van der Waals surface area contributed by atoms with Gasteiger partial charge in [-0.25, -0.2) is 0 Å². The third-order valence-electron chi connectivity index (χ3n) is 3.64. The number of hydrogen-bond donors (Lipinski definition) is 3. The van der Waals surface area contributed by atoms with Gasteiger partial charge >= 0.3 is 0 Å². The van der Waals surface area contributed by atoms with Crippen molar-refractivity contribution in [1.29, 1.82) is 0 Å². The number of amidine groups is 1. The van der Waals surface area contributed by atoms with Crippen molar-refractivity contribution in [3.8, 4) is 0 Å². The molecule has 1 saturated carbocycles. The summed E-state index contributed by atoms with van der Waals surface area (Å²) in [5.74, 6) is 0.931. The number of carbonyl (C=O) groups is 1. The van der Waals surface area contributed by atoms with E-state index in [2.05, 4.69) is 17.2 Å². The van der Waals surface area contributed by atoms with Crippen LogP contribution in [0.3, 0.4) is 0 Å². The Morgan fingerprint density at radius 2 is 2.11 bits per heavy atom. The zero-order valence-corrected chi connectivity index (χ0v) is 11.6. The quantitative estimate of drug-likeness (QED) is 0.383. The summed E-state index contributed by atoms with van der Waals surface area (Å²) in [7, 11) is 0. The molecule has 1 aliphatic rings. The predicted molar refractivity (Wildman–Crippen MR) is 76.6 cm³/mol. The molecule has 5 nitrogen and oxygen atoms in total. The largest absolute Gasteiger partial charge is 0.395 e. The summed E-state index contributed by atoms with van der Waals surface area (Å²) in [5.41, 5.74) is 5.66. The molecule has 1 fully saturated rings. The van der Waals surface area contributed by atoms with Crippen LogP contribution in [0.25, 0.3) is 0 Å². The fraction of sp³-hybridized carbons (Fsp3) is 0.714. The molecule has 108 valence electrons. The maximum atomic E-state index is 11.9. The Balaban J connectivity index is 2.38. The maximum Gasteiger partial charge on any atom is 0.250 e. The van der Waals surface area contributed by atoms with Crippen LogP contribution in [0.5, 0.6) is 0 Å². The number of aliphatic hydroxyl groups is 1. The molecular weight excluding hydrogens is 242 g/mol. The highest BCUT2D eigenvalue weighted by atomic mass is 16.3. The number of nitrogens with two attached hydrogens (primary N) is 1. The Morgan fingerprint density at radius 1 is 1.42 bits per heavy atom. The van der Waals surface area contributed by atoms with Crippen molar-refractivity contribution in [2.24, 2.45) is 22.6 Å². The van der Waals surface area contributed by atoms with Crippen LogP contribution < -0.4 is 11.1 Å². The second kappa shape index (κ2) is 8.69. The van der Waals surface area contributed by atoms with E-state index in [0.29, 0.717) is 6.54 Å². The fourth-order valence-corrected chi connectivity index (χ4v) is 2.37. The Labute approximate surface area is 115 Å². The topological polar surface area (TPSA) is 87.7 Å². The monoisotopic (exact) mass is 267 g/mol. The lowest BCUT2D eigenvalue weighted by atomic mass is 9.80. The molecule has 0 aromatic carbocycles. The van der Waals surface area contributed by atoms with E-state index in [4.69, 9.17) is 10.8 Å². The van der Waals surface area contributed by atoms with Crippen LogP contribution in [0.15, 0.2) is 17.3 Å². The van der Waals surface area contributed by atoms with Gasteiger partial charge in [-0.15, -0.1) is 0 Å². The van der Waals surface area contributed by atoms with E-state index in [1.807, 2.05) is 0 Å². The number of amides is 1. The summed E-state index contributed by atoms with van der Waals surface area (Å²) in [5, 5.41) is 11.4. The molecule has 0 aliphatic heterocycles. The third kappa shape index (κ3) is 5.87. The van der Waals surface area contributed by atoms with Gasteiger partial charge in [0.05, 0.1) is 6.61 Å². The summed E-state index contributed by atoms with van der Waals surface area (Å²) in [6.45, 7) is 2.72. The van der Waals surface area contributed by atoms with Crippen LogP contribution in [0, 0.1) is 11.8 Å². The molecule has 0 spiro atoms. The summed E-state index contributed by atoms with van der Waals surface area (Å²) in [6.07, 6.45) is 8.45. The standard InChI is InChI=1S/C14H25N3O2/c1-2-11-3-5-12(6-4-11)14(19)17-13(15)7-8-16-9-10-18/h7-8,11-12,16,18H,2-6,9-10H2,1H3,(H2,15,17,19)/b8-7-. The summed E-state index contributed by atoms with van der Waals surface area (Å²) < 4.78 is 0. The van der Waals surface area contributed by atoms with Gasteiger partial charge in [0.25, 0.3) is 5.91 Å². The van der Waals surface area contributed by atoms with Crippen LogP contribution in [0.4, 0.5) is 0 Å². The van der Waals surface area contributed by atoms with Gasteiger partial charge in [0.1, 0.15) is 5.84 Å². The third-order valence-corrected chi connectivity index (χ3v) is 3.64. The number of carbonyl (C=O) groups excluding carboxylic acids is 1. The summed E-state index contributed by atoms with van der Waals surface area (Å²) in [4.78, 5) is 15.8. The molecule has 0 heterocycles. The molecule has 0 aromatic rings. The summed E-state index contributed by atoms with van der Waals surface area (Å²) in [6, 6.07) is 0. The van der Waals surface area contributed by atoms with Gasteiger partial charge in [0.15, 0.2) is 0 Å². The van der Waals surface area contributed by atoms with E-state index >= 15 is 0 Å². The molecule has 1 amide bonds. The van der Waals surface area contributed by atoms with Crippen LogP contribution in [-0.2, 0) is 4.79 Å². The van der Waals surface area contributed by atoms with Gasteiger partial charge in [-0.3, -0.25) is 4.79 Å². The first-order chi connectivity index (χ1) is 9.17. The number of nitrogens with one attached hydrogen (secondary N) is 1. The summed E-state index contributed by atoms with van der Waals surface area (Å²) >= 11 is 0. The molecule has 1 rings (SSSR count). The van der Waals surface area contributed by atoms with Gasteiger partial charge in [-0.1, -0.05) is 13.3 Å². The Kier molecular flexibility index (Phi) is 7.18. The van der Waals surface area contributed by atoms with Crippen molar-refractivity contribution >= 4 is 11.7 Å². The molecule has 19 heavy (non-hydrogen) atoms. The lowest BCUT2D eigenvalue weighted by Gasteiger charge is -2.25.